The number of carbonyl (C=O) groups is 1. The summed E-state index contributed by atoms with van der Waals surface area (Å²) in [4.78, 5) is 16.5. The quantitative estimate of drug-likeness (QED) is 0.101. The largest absolute Gasteiger partial charge is 0.394 e. The molecule has 35 unspecified atom stereocenters. The maximum atomic E-state index is 10.8. The number of aliphatic hydroxyl groups is 19. The molecule has 36 atom stereocenters. The lowest BCUT2D eigenvalue weighted by Gasteiger charge is -2.44. The number of rotatable bonds is 8. The number of hydrogen-bond acceptors (Lipinski definition) is 34. The van der Waals surface area contributed by atoms with Crippen LogP contribution in [-0.4, -0.2) is 415 Å². The minimum Gasteiger partial charge on any atom is -0.394 e. The van der Waals surface area contributed by atoms with Crippen LogP contribution in [0.5, 0.6) is 0 Å². The zero-order valence-corrected chi connectivity index (χ0v) is 63.7. The zero-order chi connectivity index (χ0) is 76.9. The van der Waals surface area contributed by atoms with Crippen LogP contribution in [0.1, 0.15) is 103 Å². The standard InChI is InChI=1S/C9H19NO4.C9H17NO4.C9H19NO3.C9H19NO2.3C7H14O4S.C7H14O3/c1-5-8(12)7(10(2)3)9(13)6(4-11)14-5;1-4-8(12)7(10-6(3)11)9(13)5(2)14-4;1-5-8(11)7(10(3)4)9(12)6(2)13-5;1-6-5-8(10(3)4)9(11)7(2)12-6;1-3-5(9)6(10)7(12)4(2-8)11-3;1-3-5(8)7(10)6(9)4(2-12)11-3;1-3-5(9)7(12)6(10)4(2-8)11-3;1-4-3-6(8)7(9)5(2)10-4/h5-9,11-13H,4H2,1-3H3;4-5,7-9,12-13H,1-3H3,(H,10,11);5-9,11-12H,1-4H3;6-9,11H,5H2,1-4H3;3*3-10,12H,2H2,1H3;4-9H,3H2,1-2H3/t;;;;;3-,4?,5?,6?,7?;;/m.....1../s1. The molecule has 8 saturated heterocycles. The predicted octanol–water partition coefficient (Wildman–Crippen LogP) is -6.38. The highest BCUT2D eigenvalue weighted by atomic mass is 32.1. The summed E-state index contributed by atoms with van der Waals surface area (Å²) in [5.74, 6) is 0.0596. The average Bonchev–Trinajstić information content (AvgIpc) is 0.830. The van der Waals surface area contributed by atoms with Crippen molar-refractivity contribution in [2.45, 2.75) is 333 Å². The Bertz CT molecular complexity index is 2040. The van der Waals surface area contributed by atoms with E-state index in [-0.39, 0.29) is 98.9 Å². The fourth-order valence-corrected chi connectivity index (χ4v) is 13.5. The van der Waals surface area contributed by atoms with Crippen LogP contribution in [0.2, 0.25) is 0 Å². The predicted molar refractivity (Wildman–Crippen MR) is 373 cm³/mol. The number of thiol groups is 3. The summed E-state index contributed by atoms with van der Waals surface area (Å²) in [5, 5.41) is 180. The Labute approximate surface area is 601 Å². The fourth-order valence-electron chi connectivity index (χ4n) is 12.4. The molecule has 1 amide bonds. The molecule has 8 aliphatic rings. The molecule has 32 nitrogen and oxygen atoms in total. The van der Waals surface area contributed by atoms with E-state index in [4.69, 9.17) is 53.2 Å². The second-order valence-corrected chi connectivity index (χ2v) is 29.2. The Morgan fingerprint density at radius 2 is 0.687 bits per heavy atom. The van der Waals surface area contributed by atoms with Gasteiger partial charge in [0.25, 0.3) is 0 Å². The molecule has 8 fully saturated rings. The van der Waals surface area contributed by atoms with Gasteiger partial charge in [-0.05, 0) is 132 Å². The Morgan fingerprint density at radius 1 is 0.354 bits per heavy atom. The fraction of sp³-hybridized carbons (Fsp3) is 0.984. The summed E-state index contributed by atoms with van der Waals surface area (Å²) in [5.41, 5.74) is 0. The van der Waals surface area contributed by atoms with Crippen molar-refractivity contribution in [3.63, 3.8) is 0 Å². The van der Waals surface area contributed by atoms with Crippen LogP contribution in [0.4, 0.5) is 0 Å². The molecule has 592 valence electrons. The first-order chi connectivity index (χ1) is 45.7. The van der Waals surface area contributed by atoms with Gasteiger partial charge in [-0.25, -0.2) is 0 Å². The number of likely N-dealkylation sites (N-methyl/N-ethyl adjacent to an activating group) is 3. The van der Waals surface area contributed by atoms with Crippen LogP contribution < -0.4 is 5.32 Å². The number of nitrogens with zero attached hydrogens (tertiary/aromatic N) is 3. The van der Waals surface area contributed by atoms with Crippen molar-refractivity contribution in [3.8, 4) is 0 Å². The van der Waals surface area contributed by atoms with E-state index < -0.39 is 157 Å². The van der Waals surface area contributed by atoms with Crippen LogP contribution in [0.3, 0.4) is 0 Å². The molecule has 8 aliphatic heterocycles. The number of aliphatic hydroxyl groups excluding tert-OH is 19. The van der Waals surface area contributed by atoms with E-state index in [1.807, 2.05) is 60.8 Å². The summed E-state index contributed by atoms with van der Waals surface area (Å²) < 4.78 is 42.2. The lowest BCUT2D eigenvalue weighted by molar-refractivity contribution is -0.210. The van der Waals surface area contributed by atoms with Gasteiger partial charge in [0.05, 0.1) is 183 Å². The third kappa shape index (κ3) is 28.8. The van der Waals surface area contributed by atoms with Gasteiger partial charge in [-0.1, -0.05) is 0 Å². The van der Waals surface area contributed by atoms with E-state index in [9.17, 15) is 86.5 Å². The second-order valence-electron chi connectivity index (χ2n) is 27.7. The lowest BCUT2D eigenvalue weighted by Crippen LogP contribution is -2.62. The zero-order valence-electron chi connectivity index (χ0n) is 61.0. The van der Waals surface area contributed by atoms with E-state index in [0.29, 0.717) is 12.2 Å². The molecule has 20 N–H and O–H groups in total. The Balaban J connectivity index is 0.000000567. The normalized spacial score (nSPS) is 46.7. The number of hydrogen-bond donors (Lipinski definition) is 23. The van der Waals surface area contributed by atoms with Gasteiger partial charge in [-0.2, -0.15) is 37.9 Å². The van der Waals surface area contributed by atoms with Crippen molar-refractivity contribution in [2.24, 2.45) is 0 Å². The minimum atomic E-state index is -1.13. The highest BCUT2D eigenvalue weighted by Gasteiger charge is 2.47. The first-order valence-corrected chi connectivity index (χ1v) is 35.6. The van der Waals surface area contributed by atoms with Gasteiger partial charge in [0.2, 0.25) is 5.91 Å². The van der Waals surface area contributed by atoms with Crippen molar-refractivity contribution in [3.05, 3.63) is 0 Å². The van der Waals surface area contributed by atoms with E-state index in [2.05, 4.69) is 55.0 Å². The molecular formula is C64H130N4O28S3. The van der Waals surface area contributed by atoms with Gasteiger partial charge in [0.15, 0.2) is 0 Å². The van der Waals surface area contributed by atoms with Crippen LogP contribution in [-0.2, 0) is 42.7 Å². The molecular weight excluding hydrogens is 1370 g/mol. The van der Waals surface area contributed by atoms with Crippen LogP contribution in [0, 0.1) is 0 Å². The highest BCUT2D eigenvalue weighted by molar-refractivity contribution is 7.81. The van der Waals surface area contributed by atoms with Gasteiger partial charge < -0.3 is 155 Å². The third-order valence-electron chi connectivity index (χ3n) is 18.8. The van der Waals surface area contributed by atoms with Crippen molar-refractivity contribution >= 4 is 43.8 Å². The van der Waals surface area contributed by atoms with E-state index in [1.165, 1.54) is 6.92 Å². The topological polar surface area (TPSA) is 497 Å². The van der Waals surface area contributed by atoms with E-state index in [0.717, 1.165) is 6.42 Å². The molecule has 8 rings (SSSR count). The highest BCUT2D eigenvalue weighted by Crippen LogP contribution is 2.29. The molecule has 0 aliphatic carbocycles. The maximum absolute atomic E-state index is 10.8. The van der Waals surface area contributed by atoms with E-state index in [1.54, 1.807) is 67.5 Å². The van der Waals surface area contributed by atoms with Crippen LogP contribution >= 0.6 is 37.9 Å². The van der Waals surface area contributed by atoms with Crippen LogP contribution in [0.15, 0.2) is 0 Å². The van der Waals surface area contributed by atoms with Gasteiger partial charge in [-0.3, -0.25) is 4.79 Å². The van der Waals surface area contributed by atoms with Gasteiger partial charge in [-0.15, -0.1) is 0 Å². The summed E-state index contributed by atoms with van der Waals surface area (Å²) >= 11 is 12.0. The lowest BCUT2D eigenvalue weighted by atomic mass is 9.92. The summed E-state index contributed by atoms with van der Waals surface area (Å²) in [6.07, 6.45) is -16.6. The second kappa shape index (κ2) is 45.9. The monoisotopic (exact) mass is 1500 g/mol. The summed E-state index contributed by atoms with van der Waals surface area (Å²) in [6.45, 7) is 22.1. The Hall–Kier alpha value is -0.680. The SMILES string of the molecule is CC(=O)NC1C(O)C(C)OC(C)C1O.CC1CC(N(C)C)C(O)C(C)O1.CC1CC(O)C(O)C(C)O1.CC1OC(C)C(O)C(N(C)C)C1O.CC1OC(CO)C(O)C(N(C)C)C1O.CC1OC(CO)C(O)C(S)C1O.CC1OC(CO)C(S)C(O)C1O.C[C@H]1OC(CS)C(O)C(O)C1O. The Morgan fingerprint density at radius 3 is 1.08 bits per heavy atom. The average molecular weight is 1500 g/mol. The first-order valence-electron chi connectivity index (χ1n) is 33.9. The molecule has 0 spiro atoms. The summed E-state index contributed by atoms with van der Waals surface area (Å²) in [6, 6.07) is -1.04. The third-order valence-corrected chi connectivity index (χ3v) is 20.4. The molecule has 35 heteroatoms. The van der Waals surface area contributed by atoms with Crippen molar-refractivity contribution in [1.29, 1.82) is 0 Å². The number of carbonyl (C=O) groups excluding carboxylic acids is 1. The van der Waals surface area contributed by atoms with E-state index >= 15 is 0 Å². The number of nitrogens with one attached hydrogen (secondary N) is 1. The number of ether oxygens (including phenoxy) is 8. The molecule has 0 radical (unpaired) electrons. The number of amides is 1. The minimum absolute atomic E-state index is 0.0406. The maximum Gasteiger partial charge on any atom is 0.217 e. The molecule has 0 bridgehead atoms. The molecule has 0 aromatic heterocycles. The first kappa shape index (κ1) is 96.3. The van der Waals surface area contributed by atoms with Gasteiger partial charge in [0.1, 0.15) is 61.0 Å². The van der Waals surface area contributed by atoms with Crippen molar-refractivity contribution in [2.75, 3.05) is 67.9 Å². The van der Waals surface area contributed by atoms with Gasteiger partial charge >= 0.3 is 0 Å². The Kier molecular flexibility index (Phi) is 44.6. The van der Waals surface area contributed by atoms with Crippen molar-refractivity contribution in [1.82, 2.24) is 20.0 Å². The smallest absolute Gasteiger partial charge is 0.217 e. The molecule has 99 heavy (non-hydrogen) atoms. The molecule has 0 saturated carbocycles. The van der Waals surface area contributed by atoms with Gasteiger partial charge in [0, 0.05) is 25.1 Å². The molecule has 0 aromatic carbocycles. The van der Waals surface area contributed by atoms with Crippen molar-refractivity contribution < 1.29 is 140 Å². The summed E-state index contributed by atoms with van der Waals surface area (Å²) in [7, 11) is 11.3. The molecule has 8 heterocycles. The van der Waals surface area contributed by atoms with Crippen LogP contribution in [0.25, 0.3) is 0 Å². The molecule has 0 aromatic rings.